The Morgan fingerprint density at radius 2 is 2.33 bits per heavy atom. The van der Waals surface area contributed by atoms with Gasteiger partial charge in [-0.05, 0) is 29.0 Å². The van der Waals surface area contributed by atoms with E-state index >= 15 is 0 Å². The summed E-state index contributed by atoms with van der Waals surface area (Å²) in [7, 11) is 1.94. The van der Waals surface area contributed by atoms with Crippen LogP contribution in [0.4, 0.5) is 0 Å². The van der Waals surface area contributed by atoms with E-state index in [0.29, 0.717) is 0 Å². The summed E-state index contributed by atoms with van der Waals surface area (Å²) in [5.41, 5.74) is 1.15. The van der Waals surface area contributed by atoms with Crippen LogP contribution >= 0.6 is 38.6 Å². The van der Waals surface area contributed by atoms with Crippen molar-refractivity contribution >= 4 is 38.6 Å². The summed E-state index contributed by atoms with van der Waals surface area (Å²) in [4.78, 5) is 0. The van der Waals surface area contributed by atoms with Crippen LogP contribution in [0.1, 0.15) is 5.01 Å². The minimum atomic E-state index is 0.944. The second-order valence-corrected chi connectivity index (χ2v) is 6.35. The Kier molecular flexibility index (Phi) is 3.85. The molecule has 15 heavy (non-hydrogen) atoms. The van der Waals surface area contributed by atoms with Crippen LogP contribution < -0.4 is 5.32 Å². The van der Waals surface area contributed by atoms with Crippen LogP contribution in [0.25, 0.3) is 10.6 Å². The highest BCUT2D eigenvalue weighted by molar-refractivity contribution is 9.11. The lowest BCUT2D eigenvalue weighted by atomic mass is 10.4. The van der Waals surface area contributed by atoms with Crippen LogP contribution in [0.15, 0.2) is 15.2 Å². The molecule has 0 amide bonds. The van der Waals surface area contributed by atoms with E-state index in [2.05, 4.69) is 42.9 Å². The molecule has 2 heterocycles. The first-order valence-corrected chi connectivity index (χ1v) is 7.00. The zero-order valence-corrected chi connectivity index (χ0v) is 11.4. The van der Waals surface area contributed by atoms with E-state index in [0.717, 1.165) is 32.3 Å². The molecule has 2 aromatic heterocycles. The van der Waals surface area contributed by atoms with E-state index in [9.17, 15) is 0 Å². The Hall–Kier alpha value is -0.300. The predicted molar refractivity (Wildman–Crippen MR) is 68.6 cm³/mol. The Labute approximate surface area is 105 Å². The number of nitrogens with one attached hydrogen (secondary N) is 1. The van der Waals surface area contributed by atoms with Gasteiger partial charge < -0.3 is 5.32 Å². The molecule has 2 rings (SSSR count). The van der Waals surface area contributed by atoms with Crippen molar-refractivity contribution in [2.75, 3.05) is 13.6 Å². The van der Waals surface area contributed by atoms with Gasteiger partial charge in [0, 0.05) is 23.9 Å². The minimum Gasteiger partial charge on any atom is -0.319 e. The zero-order valence-electron chi connectivity index (χ0n) is 8.16. The maximum atomic E-state index is 4.18. The van der Waals surface area contributed by atoms with Gasteiger partial charge >= 0.3 is 0 Å². The number of hydrogen-bond donors (Lipinski definition) is 1. The van der Waals surface area contributed by atoms with Crippen LogP contribution in [0, 0.1) is 0 Å². The summed E-state index contributed by atoms with van der Waals surface area (Å²) in [5.74, 6) is 0. The van der Waals surface area contributed by atoms with E-state index in [4.69, 9.17) is 0 Å². The number of nitrogens with zero attached hydrogens (tertiary/aromatic N) is 2. The molecule has 6 heteroatoms. The Balaban J connectivity index is 2.13. The zero-order chi connectivity index (χ0) is 10.7. The van der Waals surface area contributed by atoms with E-state index in [-0.39, 0.29) is 0 Å². The lowest BCUT2D eigenvalue weighted by molar-refractivity contribution is 0.779. The number of rotatable bonds is 4. The van der Waals surface area contributed by atoms with Crippen molar-refractivity contribution in [1.82, 2.24) is 15.5 Å². The van der Waals surface area contributed by atoms with Gasteiger partial charge in [-0.15, -0.1) is 21.5 Å². The van der Waals surface area contributed by atoms with Gasteiger partial charge in [-0.1, -0.05) is 11.3 Å². The van der Waals surface area contributed by atoms with Crippen LogP contribution in [0.3, 0.4) is 0 Å². The molecule has 0 aliphatic heterocycles. The molecule has 0 unspecified atom stereocenters. The second-order valence-electron chi connectivity index (χ2n) is 2.99. The summed E-state index contributed by atoms with van der Waals surface area (Å²) in [5, 5.41) is 15.6. The number of halogens is 1. The van der Waals surface area contributed by atoms with E-state index in [1.165, 1.54) is 0 Å². The normalized spacial score (nSPS) is 10.8. The molecule has 0 bridgehead atoms. The van der Waals surface area contributed by atoms with Crippen molar-refractivity contribution < 1.29 is 0 Å². The largest absolute Gasteiger partial charge is 0.319 e. The first kappa shape index (κ1) is 11.2. The lowest BCUT2D eigenvalue weighted by Gasteiger charge is -1.91. The topological polar surface area (TPSA) is 37.8 Å². The first-order chi connectivity index (χ1) is 7.29. The van der Waals surface area contributed by atoms with Crippen LogP contribution in [0.5, 0.6) is 0 Å². The molecule has 2 aromatic rings. The fraction of sp³-hybridized carbons (Fsp3) is 0.333. The highest BCUT2D eigenvalue weighted by Gasteiger charge is 2.07. The average molecular weight is 304 g/mol. The van der Waals surface area contributed by atoms with Gasteiger partial charge in [0.05, 0.1) is 3.79 Å². The smallest absolute Gasteiger partial charge is 0.148 e. The molecule has 0 spiro atoms. The van der Waals surface area contributed by atoms with Crippen molar-refractivity contribution in [1.29, 1.82) is 0 Å². The highest BCUT2D eigenvalue weighted by atomic mass is 79.9. The molecule has 0 atom stereocenters. The van der Waals surface area contributed by atoms with Crippen molar-refractivity contribution in [2.45, 2.75) is 6.42 Å². The molecule has 1 N–H and O–H groups in total. The molecule has 0 aromatic carbocycles. The van der Waals surface area contributed by atoms with E-state index < -0.39 is 0 Å². The fourth-order valence-electron chi connectivity index (χ4n) is 1.13. The molecule has 0 saturated heterocycles. The SMILES string of the molecule is CNCCc1nnc(-c2csc(Br)c2)s1. The van der Waals surface area contributed by atoms with Crippen molar-refractivity contribution in [3.63, 3.8) is 0 Å². The van der Waals surface area contributed by atoms with Gasteiger partial charge in [-0.3, -0.25) is 0 Å². The van der Waals surface area contributed by atoms with Crippen molar-refractivity contribution in [2.24, 2.45) is 0 Å². The van der Waals surface area contributed by atoms with Gasteiger partial charge in [0.2, 0.25) is 0 Å². The predicted octanol–water partition coefficient (Wildman–Crippen LogP) is 2.79. The molecule has 0 radical (unpaired) electrons. The van der Waals surface area contributed by atoms with Crippen LogP contribution in [-0.4, -0.2) is 23.8 Å². The molecular formula is C9H10BrN3S2. The van der Waals surface area contributed by atoms with E-state index in [1.807, 2.05) is 7.05 Å². The number of hydrogen-bond acceptors (Lipinski definition) is 5. The standard InChI is InChI=1S/C9H10BrN3S2/c1-11-3-2-8-12-13-9(15-8)6-4-7(10)14-5-6/h4-5,11H,2-3H2,1H3. The molecule has 3 nitrogen and oxygen atoms in total. The summed E-state index contributed by atoms with van der Waals surface area (Å²) in [6, 6.07) is 2.08. The van der Waals surface area contributed by atoms with Gasteiger partial charge in [0.15, 0.2) is 0 Å². The molecule has 0 fully saturated rings. The molecule has 80 valence electrons. The summed E-state index contributed by atoms with van der Waals surface area (Å²) >= 11 is 6.78. The molecule has 0 aliphatic carbocycles. The Morgan fingerprint density at radius 3 is 3.00 bits per heavy atom. The fourth-order valence-corrected chi connectivity index (χ4v) is 3.17. The van der Waals surface area contributed by atoms with E-state index in [1.54, 1.807) is 22.7 Å². The number of aromatic nitrogens is 2. The van der Waals surface area contributed by atoms with Crippen molar-refractivity contribution in [3.8, 4) is 10.6 Å². The highest BCUT2D eigenvalue weighted by Crippen LogP contribution is 2.30. The van der Waals surface area contributed by atoms with Gasteiger partial charge in [-0.2, -0.15) is 0 Å². The third-order valence-electron chi connectivity index (χ3n) is 1.87. The average Bonchev–Trinajstić information content (AvgIpc) is 2.83. The first-order valence-electron chi connectivity index (χ1n) is 4.51. The van der Waals surface area contributed by atoms with Crippen molar-refractivity contribution in [3.05, 3.63) is 20.2 Å². The number of likely N-dealkylation sites (N-methyl/N-ethyl adjacent to an activating group) is 1. The third kappa shape index (κ3) is 2.84. The third-order valence-corrected chi connectivity index (χ3v) is 4.41. The van der Waals surface area contributed by atoms with Crippen LogP contribution in [-0.2, 0) is 6.42 Å². The molecule has 0 saturated carbocycles. The summed E-state index contributed by atoms with van der Waals surface area (Å²) < 4.78 is 1.13. The Morgan fingerprint density at radius 1 is 1.47 bits per heavy atom. The molecular weight excluding hydrogens is 294 g/mol. The summed E-state index contributed by atoms with van der Waals surface area (Å²) in [6.45, 7) is 0.946. The monoisotopic (exact) mass is 303 g/mol. The maximum absolute atomic E-state index is 4.18. The number of thiophene rings is 1. The van der Waals surface area contributed by atoms with Gasteiger partial charge in [0.1, 0.15) is 10.0 Å². The lowest BCUT2D eigenvalue weighted by Crippen LogP contribution is -2.09. The second kappa shape index (κ2) is 5.16. The Bertz CT molecular complexity index is 438. The summed E-state index contributed by atoms with van der Waals surface area (Å²) in [6.07, 6.45) is 0.944. The van der Waals surface area contributed by atoms with Crippen LogP contribution in [0.2, 0.25) is 0 Å². The van der Waals surface area contributed by atoms with Gasteiger partial charge in [-0.25, -0.2) is 0 Å². The van der Waals surface area contributed by atoms with Gasteiger partial charge in [0.25, 0.3) is 0 Å². The maximum Gasteiger partial charge on any atom is 0.148 e. The minimum absolute atomic E-state index is 0.944. The quantitative estimate of drug-likeness (QED) is 0.944. The molecule has 0 aliphatic rings.